The minimum Gasteiger partial charge on any atom is -0.283 e. The Morgan fingerprint density at radius 1 is 1.08 bits per heavy atom. The molecule has 0 saturated carbocycles. The second-order valence-corrected chi connectivity index (χ2v) is 7.48. The van der Waals surface area contributed by atoms with E-state index < -0.39 is 0 Å². The van der Waals surface area contributed by atoms with Gasteiger partial charge in [0.15, 0.2) is 5.82 Å². The van der Waals surface area contributed by atoms with E-state index in [0.717, 1.165) is 28.3 Å². The number of aryl methyl sites for hydroxylation is 2. The summed E-state index contributed by atoms with van der Waals surface area (Å²) in [5.74, 6) is 0.745. The molecule has 0 bridgehead atoms. The fourth-order valence-corrected chi connectivity index (χ4v) is 3.07. The zero-order valence-corrected chi connectivity index (χ0v) is 15.4. The van der Waals surface area contributed by atoms with Crippen molar-refractivity contribution in [1.82, 2.24) is 9.38 Å². The zero-order chi connectivity index (χ0) is 17.5. The third kappa shape index (κ3) is 3.06. The van der Waals surface area contributed by atoms with Gasteiger partial charge >= 0.3 is 0 Å². The summed E-state index contributed by atoms with van der Waals surface area (Å²) in [7, 11) is 0. The van der Waals surface area contributed by atoms with Gasteiger partial charge in [0, 0.05) is 11.6 Å². The highest BCUT2D eigenvalue weighted by Crippen LogP contribution is 2.35. The standard InChI is InChI=1S/C19H21ClN4/c1-12-10-13(2)16(14(20)11-12)22-23-18-17(19(3,4)5)21-15-8-6-7-9-24(15)18/h6-11H,1-5H3. The minimum absolute atomic E-state index is 0.132. The first-order valence-corrected chi connectivity index (χ1v) is 8.31. The SMILES string of the molecule is Cc1cc(C)c(N=Nc2c(C(C)(C)C)nc3ccccn23)c(Cl)c1. The molecule has 0 radical (unpaired) electrons. The lowest BCUT2D eigenvalue weighted by atomic mass is 9.92. The number of imidazole rings is 1. The van der Waals surface area contributed by atoms with Crippen LogP contribution in [0.5, 0.6) is 0 Å². The van der Waals surface area contributed by atoms with E-state index in [0.29, 0.717) is 10.7 Å². The topological polar surface area (TPSA) is 42.0 Å². The maximum atomic E-state index is 6.35. The number of halogens is 1. The van der Waals surface area contributed by atoms with E-state index in [1.54, 1.807) is 0 Å². The molecule has 0 unspecified atom stereocenters. The monoisotopic (exact) mass is 340 g/mol. The van der Waals surface area contributed by atoms with Crippen molar-refractivity contribution in [1.29, 1.82) is 0 Å². The second kappa shape index (κ2) is 6.02. The van der Waals surface area contributed by atoms with Crippen molar-refractivity contribution in [3.8, 4) is 0 Å². The molecule has 0 amide bonds. The van der Waals surface area contributed by atoms with Crippen molar-refractivity contribution >= 4 is 28.8 Å². The summed E-state index contributed by atoms with van der Waals surface area (Å²) in [5, 5.41) is 9.58. The lowest BCUT2D eigenvalue weighted by Crippen LogP contribution is -2.11. The van der Waals surface area contributed by atoms with Crippen LogP contribution >= 0.6 is 11.6 Å². The van der Waals surface area contributed by atoms with Crippen LogP contribution in [0.2, 0.25) is 5.02 Å². The Morgan fingerprint density at radius 3 is 2.50 bits per heavy atom. The summed E-state index contributed by atoms with van der Waals surface area (Å²) in [6.45, 7) is 10.4. The number of fused-ring (bicyclic) bond motifs is 1. The van der Waals surface area contributed by atoms with E-state index in [4.69, 9.17) is 16.6 Å². The van der Waals surface area contributed by atoms with Gasteiger partial charge in [-0.25, -0.2) is 4.98 Å². The van der Waals surface area contributed by atoms with E-state index >= 15 is 0 Å². The smallest absolute Gasteiger partial charge is 0.183 e. The number of hydrogen-bond acceptors (Lipinski definition) is 3. The third-order valence-electron chi connectivity index (χ3n) is 3.86. The van der Waals surface area contributed by atoms with Crippen LogP contribution in [0.1, 0.15) is 37.6 Å². The Labute approximate surface area is 147 Å². The highest BCUT2D eigenvalue weighted by Gasteiger charge is 2.24. The number of aromatic nitrogens is 2. The quantitative estimate of drug-likeness (QED) is 0.503. The molecule has 4 nitrogen and oxygen atoms in total. The predicted octanol–water partition coefficient (Wildman–Crippen LogP) is 6.32. The fraction of sp³-hybridized carbons (Fsp3) is 0.316. The average Bonchev–Trinajstić information content (AvgIpc) is 2.85. The summed E-state index contributed by atoms with van der Waals surface area (Å²) < 4.78 is 1.96. The molecule has 2 heterocycles. The molecular weight excluding hydrogens is 320 g/mol. The fourth-order valence-electron chi connectivity index (χ4n) is 2.71. The van der Waals surface area contributed by atoms with E-state index in [9.17, 15) is 0 Å². The van der Waals surface area contributed by atoms with Crippen LogP contribution in [-0.4, -0.2) is 9.38 Å². The van der Waals surface area contributed by atoms with Gasteiger partial charge in [-0.1, -0.05) is 44.5 Å². The van der Waals surface area contributed by atoms with Gasteiger partial charge in [-0.3, -0.25) is 4.40 Å². The summed E-state index contributed by atoms with van der Waals surface area (Å²) >= 11 is 6.35. The first-order valence-electron chi connectivity index (χ1n) is 7.93. The van der Waals surface area contributed by atoms with E-state index in [1.165, 1.54) is 0 Å². The zero-order valence-electron chi connectivity index (χ0n) is 14.6. The molecule has 0 aliphatic rings. The molecule has 5 heteroatoms. The Bertz CT molecular complexity index is 909. The van der Waals surface area contributed by atoms with Crippen molar-refractivity contribution < 1.29 is 0 Å². The predicted molar refractivity (Wildman–Crippen MR) is 99.0 cm³/mol. The Balaban J connectivity index is 2.17. The Hall–Kier alpha value is -2.20. The summed E-state index contributed by atoms with van der Waals surface area (Å²) in [6.07, 6.45) is 1.95. The van der Waals surface area contributed by atoms with E-state index in [1.807, 2.05) is 48.7 Å². The van der Waals surface area contributed by atoms with Gasteiger partial charge < -0.3 is 0 Å². The molecule has 1 aromatic carbocycles. The lowest BCUT2D eigenvalue weighted by Gasteiger charge is -2.15. The van der Waals surface area contributed by atoms with Crippen molar-refractivity contribution in [3.63, 3.8) is 0 Å². The Morgan fingerprint density at radius 2 is 1.83 bits per heavy atom. The summed E-state index contributed by atoms with van der Waals surface area (Å²) in [4.78, 5) is 4.73. The molecule has 0 aliphatic heterocycles. The molecule has 2 aromatic heterocycles. The van der Waals surface area contributed by atoms with Crippen LogP contribution in [0.25, 0.3) is 5.65 Å². The van der Waals surface area contributed by atoms with Crippen LogP contribution in [0.15, 0.2) is 46.8 Å². The van der Waals surface area contributed by atoms with Crippen molar-refractivity contribution in [2.45, 2.75) is 40.0 Å². The number of rotatable bonds is 2. The third-order valence-corrected chi connectivity index (χ3v) is 4.15. The summed E-state index contributed by atoms with van der Waals surface area (Å²) in [6, 6.07) is 9.86. The van der Waals surface area contributed by atoms with Crippen LogP contribution in [0, 0.1) is 13.8 Å². The largest absolute Gasteiger partial charge is 0.283 e. The van der Waals surface area contributed by atoms with Crippen molar-refractivity contribution in [2.24, 2.45) is 10.2 Å². The van der Waals surface area contributed by atoms with Gasteiger partial charge in [-0.05, 0) is 43.2 Å². The molecule has 0 atom stereocenters. The van der Waals surface area contributed by atoms with Crippen LogP contribution in [0.4, 0.5) is 11.5 Å². The molecule has 3 rings (SSSR count). The molecule has 0 aliphatic carbocycles. The molecule has 24 heavy (non-hydrogen) atoms. The van der Waals surface area contributed by atoms with E-state index in [2.05, 4.69) is 37.1 Å². The lowest BCUT2D eigenvalue weighted by molar-refractivity contribution is 0.574. The molecule has 0 spiro atoms. The highest BCUT2D eigenvalue weighted by molar-refractivity contribution is 6.33. The molecular formula is C19H21ClN4. The first-order chi connectivity index (χ1) is 11.3. The molecule has 0 N–H and O–H groups in total. The maximum absolute atomic E-state index is 6.35. The van der Waals surface area contributed by atoms with Gasteiger partial charge in [-0.15, -0.1) is 10.2 Å². The van der Waals surface area contributed by atoms with E-state index in [-0.39, 0.29) is 5.41 Å². The molecule has 3 aromatic rings. The minimum atomic E-state index is -0.132. The maximum Gasteiger partial charge on any atom is 0.183 e. The van der Waals surface area contributed by atoms with Gasteiger partial charge in [0.05, 0.1) is 10.7 Å². The van der Waals surface area contributed by atoms with Crippen LogP contribution in [-0.2, 0) is 5.41 Å². The molecule has 0 saturated heterocycles. The Kier molecular flexibility index (Phi) is 4.18. The number of nitrogens with zero attached hydrogens (tertiary/aromatic N) is 4. The summed E-state index contributed by atoms with van der Waals surface area (Å²) in [5.41, 5.74) is 4.47. The molecule has 124 valence electrons. The van der Waals surface area contributed by atoms with Crippen LogP contribution < -0.4 is 0 Å². The number of hydrogen-bond donors (Lipinski definition) is 0. The first kappa shape index (κ1) is 16.7. The number of benzene rings is 1. The van der Waals surface area contributed by atoms with Crippen molar-refractivity contribution in [2.75, 3.05) is 0 Å². The molecule has 0 fully saturated rings. The normalized spacial score (nSPS) is 12.4. The van der Waals surface area contributed by atoms with Crippen LogP contribution in [0.3, 0.4) is 0 Å². The average molecular weight is 341 g/mol. The van der Waals surface area contributed by atoms with Gasteiger partial charge in [0.2, 0.25) is 0 Å². The van der Waals surface area contributed by atoms with Gasteiger partial charge in [-0.2, -0.15) is 0 Å². The number of azo groups is 1. The highest BCUT2D eigenvalue weighted by atomic mass is 35.5. The van der Waals surface area contributed by atoms with Gasteiger partial charge in [0.1, 0.15) is 11.3 Å². The van der Waals surface area contributed by atoms with Gasteiger partial charge in [0.25, 0.3) is 0 Å². The number of pyridine rings is 1. The second-order valence-electron chi connectivity index (χ2n) is 7.08. The van der Waals surface area contributed by atoms with Crippen molar-refractivity contribution in [3.05, 3.63) is 58.4 Å².